The maximum atomic E-state index is 6.09. The highest BCUT2D eigenvalue weighted by molar-refractivity contribution is 5.84. The number of para-hydroxylation sites is 1. The van der Waals surface area contributed by atoms with E-state index in [0.29, 0.717) is 12.0 Å². The summed E-state index contributed by atoms with van der Waals surface area (Å²) in [7, 11) is 2.12. The van der Waals surface area contributed by atoms with Crippen LogP contribution in [0.3, 0.4) is 0 Å². The lowest BCUT2D eigenvalue weighted by atomic mass is 10.3. The summed E-state index contributed by atoms with van der Waals surface area (Å²) >= 11 is 0. The molecule has 0 unspecified atom stereocenters. The molecule has 0 fully saturated rings. The fraction of sp³-hybridized carbons (Fsp3) is 0.562. The minimum absolute atomic E-state index is 0.119. The lowest BCUT2D eigenvalue weighted by Crippen LogP contribution is -2.29. The fourth-order valence-electron chi connectivity index (χ4n) is 2.24. The summed E-state index contributed by atoms with van der Waals surface area (Å²) in [4.78, 5) is 6.78. The largest absolute Gasteiger partial charge is 0.489 e. The van der Waals surface area contributed by atoms with E-state index in [9.17, 15) is 0 Å². The molecule has 0 amide bonds. The van der Waals surface area contributed by atoms with E-state index in [4.69, 9.17) is 10.5 Å². The van der Waals surface area contributed by atoms with Crippen LogP contribution in [0.5, 0.6) is 5.75 Å². The van der Waals surface area contributed by atoms with Gasteiger partial charge in [-0.2, -0.15) is 0 Å². The first-order valence-corrected chi connectivity index (χ1v) is 7.51. The maximum Gasteiger partial charge on any atom is 0.201 e. The van der Waals surface area contributed by atoms with Gasteiger partial charge < -0.3 is 19.9 Å². The number of imidazole rings is 1. The summed E-state index contributed by atoms with van der Waals surface area (Å²) in [5.74, 6) is 1.34. The molecule has 0 bridgehead atoms. The molecule has 116 valence electrons. The van der Waals surface area contributed by atoms with Gasteiger partial charge in [0.25, 0.3) is 0 Å². The molecule has 0 aliphatic heterocycles. The first-order valence-electron chi connectivity index (χ1n) is 7.51. The number of nitrogens with zero attached hydrogens (tertiary/aromatic N) is 3. The molecular formula is C16H26N4O. The Balaban J connectivity index is 2.30. The average Bonchev–Trinajstić information content (AvgIpc) is 2.72. The molecule has 0 aliphatic rings. The topological polar surface area (TPSA) is 56.3 Å². The number of hydrogen-bond acceptors (Lipinski definition) is 4. The van der Waals surface area contributed by atoms with Crippen LogP contribution in [0.15, 0.2) is 18.2 Å². The van der Waals surface area contributed by atoms with Crippen LogP contribution in [-0.4, -0.2) is 40.2 Å². The molecule has 0 saturated heterocycles. The first-order chi connectivity index (χ1) is 9.90. The van der Waals surface area contributed by atoms with Crippen molar-refractivity contribution in [3.05, 3.63) is 18.2 Å². The fourth-order valence-corrected chi connectivity index (χ4v) is 2.24. The van der Waals surface area contributed by atoms with Gasteiger partial charge in [-0.25, -0.2) is 4.98 Å². The number of nitrogens with two attached hydrogens (primary N) is 1. The SMILES string of the molecule is CC(C)Oc1cccc2c1nc(N)n2CCN(C)C(C)C. The third-order valence-corrected chi connectivity index (χ3v) is 3.69. The minimum Gasteiger partial charge on any atom is -0.489 e. The summed E-state index contributed by atoms with van der Waals surface area (Å²) in [5.41, 5.74) is 7.97. The van der Waals surface area contributed by atoms with Gasteiger partial charge in [0.15, 0.2) is 0 Å². The van der Waals surface area contributed by atoms with E-state index in [1.165, 1.54) is 0 Å². The normalized spacial score (nSPS) is 12.0. The molecule has 21 heavy (non-hydrogen) atoms. The van der Waals surface area contributed by atoms with Crippen molar-refractivity contribution in [3.8, 4) is 5.75 Å². The summed E-state index contributed by atoms with van der Waals surface area (Å²) in [5, 5.41) is 0. The Bertz CT molecular complexity index is 604. The quantitative estimate of drug-likeness (QED) is 0.889. The monoisotopic (exact) mass is 290 g/mol. The third-order valence-electron chi connectivity index (χ3n) is 3.69. The van der Waals surface area contributed by atoms with Crippen LogP contribution in [-0.2, 0) is 6.54 Å². The third kappa shape index (κ3) is 3.47. The highest BCUT2D eigenvalue weighted by Crippen LogP contribution is 2.27. The second kappa shape index (κ2) is 6.35. The van der Waals surface area contributed by atoms with Gasteiger partial charge in [0.1, 0.15) is 11.3 Å². The van der Waals surface area contributed by atoms with E-state index in [-0.39, 0.29) is 6.10 Å². The summed E-state index contributed by atoms with van der Waals surface area (Å²) in [6.07, 6.45) is 0.119. The number of nitrogen functional groups attached to an aromatic ring is 1. The van der Waals surface area contributed by atoms with Gasteiger partial charge in [-0.05, 0) is 46.9 Å². The number of likely N-dealkylation sites (N-methyl/N-ethyl adjacent to an activating group) is 1. The number of benzene rings is 1. The Morgan fingerprint density at radius 1 is 1.29 bits per heavy atom. The van der Waals surface area contributed by atoms with Gasteiger partial charge >= 0.3 is 0 Å². The molecule has 0 radical (unpaired) electrons. The van der Waals surface area contributed by atoms with Crippen molar-refractivity contribution < 1.29 is 4.74 Å². The van der Waals surface area contributed by atoms with Crippen LogP contribution in [0.4, 0.5) is 5.95 Å². The number of anilines is 1. The zero-order chi connectivity index (χ0) is 15.6. The number of rotatable bonds is 6. The molecule has 0 aliphatic carbocycles. The Kier molecular flexibility index (Phi) is 4.73. The van der Waals surface area contributed by atoms with E-state index in [0.717, 1.165) is 29.9 Å². The maximum absolute atomic E-state index is 6.09. The Morgan fingerprint density at radius 3 is 2.62 bits per heavy atom. The van der Waals surface area contributed by atoms with Gasteiger partial charge in [-0.3, -0.25) is 0 Å². The van der Waals surface area contributed by atoms with Crippen molar-refractivity contribution in [1.82, 2.24) is 14.5 Å². The van der Waals surface area contributed by atoms with Crippen LogP contribution in [0.1, 0.15) is 27.7 Å². The van der Waals surface area contributed by atoms with Gasteiger partial charge in [0.2, 0.25) is 5.95 Å². The molecule has 0 saturated carbocycles. The molecule has 2 N–H and O–H groups in total. The second-order valence-electron chi connectivity index (χ2n) is 5.99. The van der Waals surface area contributed by atoms with Crippen molar-refractivity contribution in [1.29, 1.82) is 0 Å². The van der Waals surface area contributed by atoms with Crippen LogP contribution in [0.25, 0.3) is 11.0 Å². The zero-order valence-corrected chi connectivity index (χ0v) is 13.6. The smallest absolute Gasteiger partial charge is 0.201 e. The lowest BCUT2D eigenvalue weighted by Gasteiger charge is -2.21. The van der Waals surface area contributed by atoms with E-state index < -0.39 is 0 Å². The molecule has 1 aromatic carbocycles. The summed E-state index contributed by atoms with van der Waals surface area (Å²) < 4.78 is 7.87. The van der Waals surface area contributed by atoms with Crippen molar-refractivity contribution in [3.63, 3.8) is 0 Å². The van der Waals surface area contributed by atoms with Gasteiger partial charge in [0.05, 0.1) is 11.6 Å². The van der Waals surface area contributed by atoms with E-state index in [2.05, 4.69) is 35.3 Å². The molecule has 5 heteroatoms. The van der Waals surface area contributed by atoms with Crippen LogP contribution < -0.4 is 10.5 Å². The lowest BCUT2D eigenvalue weighted by molar-refractivity contribution is 0.245. The highest BCUT2D eigenvalue weighted by atomic mass is 16.5. The van der Waals surface area contributed by atoms with Crippen molar-refractivity contribution in [2.24, 2.45) is 0 Å². The zero-order valence-electron chi connectivity index (χ0n) is 13.6. The summed E-state index contributed by atoms with van der Waals surface area (Å²) in [6.45, 7) is 10.1. The number of fused-ring (bicyclic) bond motifs is 1. The summed E-state index contributed by atoms with van der Waals surface area (Å²) in [6, 6.07) is 6.49. The van der Waals surface area contributed by atoms with E-state index in [1.54, 1.807) is 0 Å². The molecule has 0 spiro atoms. The Morgan fingerprint density at radius 2 is 2.00 bits per heavy atom. The van der Waals surface area contributed by atoms with Gasteiger partial charge in [-0.15, -0.1) is 0 Å². The van der Waals surface area contributed by atoms with Crippen molar-refractivity contribution >= 4 is 17.0 Å². The molecule has 2 aromatic rings. The second-order valence-corrected chi connectivity index (χ2v) is 5.99. The molecule has 1 aromatic heterocycles. The van der Waals surface area contributed by atoms with Crippen molar-refractivity contribution in [2.45, 2.75) is 46.4 Å². The molecular weight excluding hydrogens is 264 g/mol. The molecule has 2 rings (SSSR count). The highest BCUT2D eigenvalue weighted by Gasteiger charge is 2.14. The molecule has 5 nitrogen and oxygen atoms in total. The molecule has 1 heterocycles. The first kappa shape index (κ1) is 15.6. The predicted molar refractivity (Wildman–Crippen MR) is 87.7 cm³/mol. The van der Waals surface area contributed by atoms with Crippen molar-refractivity contribution in [2.75, 3.05) is 19.3 Å². The predicted octanol–water partition coefficient (Wildman–Crippen LogP) is 2.75. The number of hydrogen-bond donors (Lipinski definition) is 1. The van der Waals surface area contributed by atoms with Crippen LogP contribution in [0.2, 0.25) is 0 Å². The Labute approximate surface area is 126 Å². The average molecular weight is 290 g/mol. The number of aromatic nitrogens is 2. The standard InChI is InChI=1S/C16H26N4O/c1-11(2)19(5)9-10-20-13-7-6-8-14(21-12(3)4)15(13)18-16(20)17/h6-8,11-12H,9-10H2,1-5H3,(H2,17,18). The van der Waals surface area contributed by atoms with Crippen LogP contribution >= 0.6 is 0 Å². The number of ether oxygens (including phenoxy) is 1. The van der Waals surface area contributed by atoms with Crippen LogP contribution in [0, 0.1) is 0 Å². The minimum atomic E-state index is 0.119. The van der Waals surface area contributed by atoms with E-state index >= 15 is 0 Å². The Hall–Kier alpha value is -1.75. The van der Waals surface area contributed by atoms with Gasteiger partial charge in [0, 0.05) is 19.1 Å². The van der Waals surface area contributed by atoms with E-state index in [1.807, 2.05) is 32.0 Å². The molecule has 0 atom stereocenters. The van der Waals surface area contributed by atoms with Gasteiger partial charge in [-0.1, -0.05) is 6.07 Å².